The second-order valence-electron chi connectivity index (χ2n) is 7.07. The van der Waals surface area contributed by atoms with E-state index in [4.69, 9.17) is 4.98 Å². The van der Waals surface area contributed by atoms with E-state index < -0.39 is 0 Å². The first-order chi connectivity index (χ1) is 13.5. The van der Waals surface area contributed by atoms with E-state index in [1.54, 1.807) is 22.7 Å². The van der Waals surface area contributed by atoms with Gasteiger partial charge in [0.25, 0.3) is 5.91 Å². The molecular weight excluding hydrogens is 424 g/mol. The Labute approximate surface area is 184 Å². The molecule has 0 unspecified atom stereocenters. The number of carbonyl (C=O) groups is 1. The van der Waals surface area contributed by atoms with Gasteiger partial charge in [-0.3, -0.25) is 9.69 Å². The Bertz CT molecular complexity index is 1140. The number of hydrogen-bond acceptors (Lipinski definition) is 6. The molecule has 0 aliphatic carbocycles. The Morgan fingerprint density at radius 3 is 2.69 bits per heavy atom. The van der Waals surface area contributed by atoms with E-state index in [1.165, 1.54) is 0 Å². The molecule has 0 saturated heterocycles. The van der Waals surface area contributed by atoms with Crippen LogP contribution >= 0.6 is 35.1 Å². The van der Waals surface area contributed by atoms with Gasteiger partial charge < -0.3 is 4.90 Å². The molecule has 29 heavy (non-hydrogen) atoms. The van der Waals surface area contributed by atoms with Crippen LogP contribution in [0.25, 0.3) is 20.4 Å². The zero-order valence-electron chi connectivity index (χ0n) is 16.6. The number of aryl methyl sites for hydroxylation is 1. The predicted molar refractivity (Wildman–Crippen MR) is 126 cm³/mol. The molecule has 5 nitrogen and oxygen atoms in total. The largest absolute Gasteiger partial charge is 0.309 e. The van der Waals surface area contributed by atoms with Crippen LogP contribution < -0.4 is 4.90 Å². The summed E-state index contributed by atoms with van der Waals surface area (Å²) >= 11 is 3.13. The van der Waals surface area contributed by atoms with Gasteiger partial charge in [0.05, 0.1) is 25.9 Å². The minimum Gasteiger partial charge on any atom is -0.309 e. The van der Waals surface area contributed by atoms with Crippen molar-refractivity contribution >= 4 is 66.6 Å². The number of benzene rings is 2. The monoisotopic (exact) mass is 446 g/mol. The second-order valence-corrected chi connectivity index (χ2v) is 8.96. The van der Waals surface area contributed by atoms with Crippen LogP contribution in [0, 0.1) is 6.92 Å². The number of aromatic nitrogens is 2. The number of halogens is 1. The quantitative estimate of drug-likeness (QED) is 0.406. The van der Waals surface area contributed by atoms with Gasteiger partial charge in [-0.05, 0) is 63.8 Å². The van der Waals surface area contributed by atoms with Gasteiger partial charge in [-0.25, -0.2) is 9.97 Å². The highest BCUT2D eigenvalue weighted by Gasteiger charge is 2.22. The first-order valence-corrected chi connectivity index (χ1v) is 10.9. The summed E-state index contributed by atoms with van der Waals surface area (Å²) in [6.07, 6.45) is 0.885. The zero-order valence-corrected chi connectivity index (χ0v) is 19.0. The number of carbonyl (C=O) groups excluding carboxylic acids is 1. The molecule has 0 bridgehead atoms. The molecule has 2 aromatic heterocycles. The highest BCUT2D eigenvalue weighted by atomic mass is 35.5. The van der Waals surface area contributed by atoms with Gasteiger partial charge in [0.15, 0.2) is 5.13 Å². The van der Waals surface area contributed by atoms with Gasteiger partial charge in [0.1, 0.15) is 0 Å². The molecule has 0 aliphatic heterocycles. The number of nitrogens with zero attached hydrogens (tertiary/aromatic N) is 4. The predicted octanol–water partition coefficient (Wildman–Crippen LogP) is 5.23. The van der Waals surface area contributed by atoms with Gasteiger partial charge in [-0.15, -0.1) is 23.7 Å². The van der Waals surface area contributed by atoms with Crippen LogP contribution in [0.2, 0.25) is 0 Å². The summed E-state index contributed by atoms with van der Waals surface area (Å²) in [6.45, 7) is 3.61. The lowest BCUT2D eigenvalue weighted by Gasteiger charge is -2.21. The van der Waals surface area contributed by atoms with Gasteiger partial charge in [0.2, 0.25) is 0 Å². The van der Waals surface area contributed by atoms with Crippen LogP contribution in [-0.4, -0.2) is 48.0 Å². The molecule has 2 heterocycles. The molecule has 2 aromatic carbocycles. The van der Waals surface area contributed by atoms with Gasteiger partial charge in [0, 0.05) is 12.1 Å². The molecule has 0 fully saturated rings. The molecule has 0 N–H and O–H groups in total. The molecule has 1 amide bonds. The van der Waals surface area contributed by atoms with Crippen molar-refractivity contribution in [3.05, 3.63) is 53.0 Å². The van der Waals surface area contributed by atoms with Crippen LogP contribution in [0.5, 0.6) is 0 Å². The Kier molecular flexibility index (Phi) is 6.85. The summed E-state index contributed by atoms with van der Waals surface area (Å²) in [4.78, 5) is 26.5. The van der Waals surface area contributed by atoms with E-state index in [1.807, 2.05) is 48.8 Å². The van der Waals surface area contributed by atoms with Gasteiger partial charge in [-0.2, -0.15) is 0 Å². The first kappa shape index (κ1) is 21.6. The van der Waals surface area contributed by atoms with Crippen molar-refractivity contribution in [2.45, 2.75) is 13.3 Å². The summed E-state index contributed by atoms with van der Waals surface area (Å²) in [5, 5.41) is 0.762. The Morgan fingerprint density at radius 1 is 1.10 bits per heavy atom. The maximum absolute atomic E-state index is 13.4. The molecular formula is C21H23ClN4OS2. The number of amides is 1. The number of para-hydroxylation sites is 1. The van der Waals surface area contributed by atoms with Crippen molar-refractivity contribution in [3.8, 4) is 0 Å². The van der Waals surface area contributed by atoms with E-state index in [2.05, 4.69) is 28.9 Å². The van der Waals surface area contributed by atoms with Crippen molar-refractivity contribution < 1.29 is 4.79 Å². The smallest absolute Gasteiger partial charge is 0.260 e. The van der Waals surface area contributed by atoms with Crippen molar-refractivity contribution in [3.63, 3.8) is 0 Å². The zero-order chi connectivity index (χ0) is 19.7. The third-order valence-electron chi connectivity index (χ3n) is 4.65. The van der Waals surface area contributed by atoms with E-state index in [0.29, 0.717) is 12.1 Å². The topological polar surface area (TPSA) is 49.3 Å². The minimum absolute atomic E-state index is 0. The molecule has 4 aromatic rings. The van der Waals surface area contributed by atoms with Crippen LogP contribution in [-0.2, 0) is 0 Å². The normalized spacial score (nSPS) is 11.2. The average Bonchev–Trinajstić information content (AvgIpc) is 3.31. The molecule has 8 heteroatoms. The van der Waals surface area contributed by atoms with Crippen LogP contribution in [0.3, 0.4) is 0 Å². The Morgan fingerprint density at radius 2 is 1.93 bits per heavy atom. The van der Waals surface area contributed by atoms with E-state index >= 15 is 0 Å². The molecule has 4 rings (SSSR count). The summed E-state index contributed by atoms with van der Waals surface area (Å²) in [5.74, 6) is -0.00855. The summed E-state index contributed by atoms with van der Waals surface area (Å²) in [6, 6.07) is 11.9. The van der Waals surface area contributed by atoms with Crippen molar-refractivity contribution in [2.75, 3.05) is 32.1 Å². The van der Waals surface area contributed by atoms with Crippen LogP contribution in [0.1, 0.15) is 22.3 Å². The second kappa shape index (κ2) is 9.17. The van der Waals surface area contributed by atoms with E-state index in [9.17, 15) is 4.79 Å². The van der Waals surface area contributed by atoms with Gasteiger partial charge in [-0.1, -0.05) is 23.5 Å². The number of hydrogen-bond donors (Lipinski definition) is 0. The lowest BCUT2D eigenvalue weighted by molar-refractivity contribution is 0.0986. The number of anilines is 1. The standard InChI is InChI=1S/C21H22N4OS2.ClH/c1-14-6-4-7-17-19(14)23-21(28-17)25(11-5-10-24(2)3)20(26)15-8-9-16-18(12-15)27-13-22-16;/h4,6-9,12-13H,5,10-11H2,1-3H3;1H. The SMILES string of the molecule is Cc1cccc2sc(N(CCCN(C)C)C(=O)c3ccc4ncsc4c3)nc12.Cl. The molecule has 0 saturated carbocycles. The maximum Gasteiger partial charge on any atom is 0.260 e. The summed E-state index contributed by atoms with van der Waals surface area (Å²) < 4.78 is 2.14. The third kappa shape index (κ3) is 4.59. The molecule has 0 aliphatic rings. The fourth-order valence-electron chi connectivity index (χ4n) is 3.16. The first-order valence-electron chi connectivity index (χ1n) is 9.19. The summed E-state index contributed by atoms with van der Waals surface area (Å²) in [7, 11) is 4.09. The highest BCUT2D eigenvalue weighted by Crippen LogP contribution is 2.32. The molecule has 0 radical (unpaired) electrons. The summed E-state index contributed by atoms with van der Waals surface area (Å²) in [5.41, 5.74) is 5.52. The van der Waals surface area contributed by atoms with Crippen molar-refractivity contribution in [1.82, 2.24) is 14.9 Å². The number of thiazole rings is 2. The third-order valence-corrected chi connectivity index (χ3v) is 6.49. The fraction of sp³-hybridized carbons (Fsp3) is 0.286. The average molecular weight is 447 g/mol. The lowest BCUT2D eigenvalue weighted by Crippen LogP contribution is -2.33. The Hall–Kier alpha value is -2.06. The number of rotatable bonds is 6. The van der Waals surface area contributed by atoms with Crippen LogP contribution in [0.4, 0.5) is 5.13 Å². The minimum atomic E-state index is -0.00855. The molecule has 0 spiro atoms. The van der Waals surface area contributed by atoms with E-state index in [-0.39, 0.29) is 18.3 Å². The van der Waals surface area contributed by atoms with Gasteiger partial charge >= 0.3 is 0 Å². The highest BCUT2D eigenvalue weighted by molar-refractivity contribution is 7.22. The molecule has 152 valence electrons. The maximum atomic E-state index is 13.4. The number of fused-ring (bicyclic) bond motifs is 2. The fourth-order valence-corrected chi connectivity index (χ4v) is 4.95. The van der Waals surface area contributed by atoms with Crippen molar-refractivity contribution in [1.29, 1.82) is 0 Å². The molecule has 0 atom stereocenters. The Balaban J connectivity index is 0.00000240. The lowest BCUT2D eigenvalue weighted by atomic mass is 10.2. The van der Waals surface area contributed by atoms with Crippen molar-refractivity contribution in [2.24, 2.45) is 0 Å². The van der Waals surface area contributed by atoms with E-state index in [0.717, 1.165) is 44.1 Å². The van der Waals surface area contributed by atoms with Crippen LogP contribution in [0.15, 0.2) is 41.9 Å².